The fraction of sp³-hybridized carbons (Fsp3) is 0.696. The number of likely N-dealkylation sites (tertiary alicyclic amines) is 1. The van der Waals surface area contributed by atoms with Gasteiger partial charge in [-0.15, -0.1) is 24.0 Å². The average molecular weight is 515 g/mol. The Balaban J connectivity index is 0.00000300. The summed E-state index contributed by atoms with van der Waals surface area (Å²) in [5, 5.41) is 3.47. The van der Waals surface area contributed by atoms with Crippen LogP contribution in [0.1, 0.15) is 38.2 Å². The third kappa shape index (κ3) is 8.80. The molecule has 1 atom stereocenters. The summed E-state index contributed by atoms with van der Waals surface area (Å²) in [5.41, 5.74) is 1.44. The minimum Gasteiger partial charge on any atom is -0.381 e. The normalized spacial score (nSPS) is 20.5. The molecular formula is C23H38IN3O2. The molecule has 2 fully saturated rings. The fourth-order valence-electron chi connectivity index (χ4n) is 4.08. The van der Waals surface area contributed by atoms with Crippen molar-refractivity contribution in [3.8, 4) is 0 Å². The molecule has 164 valence electrons. The first kappa shape index (κ1) is 24.4. The molecule has 0 amide bonds. The van der Waals surface area contributed by atoms with E-state index in [2.05, 4.69) is 47.5 Å². The van der Waals surface area contributed by atoms with Crippen molar-refractivity contribution in [1.82, 2.24) is 10.2 Å². The molecule has 5 nitrogen and oxygen atoms in total. The van der Waals surface area contributed by atoms with E-state index in [9.17, 15) is 0 Å². The monoisotopic (exact) mass is 515 g/mol. The summed E-state index contributed by atoms with van der Waals surface area (Å²) in [4.78, 5) is 7.28. The van der Waals surface area contributed by atoms with Gasteiger partial charge in [-0.1, -0.05) is 30.3 Å². The number of ether oxygens (including phenoxy) is 2. The van der Waals surface area contributed by atoms with E-state index in [1.165, 1.54) is 12.0 Å². The first-order valence-electron chi connectivity index (χ1n) is 11.1. The molecule has 1 aromatic rings. The lowest BCUT2D eigenvalue weighted by Gasteiger charge is -2.22. The van der Waals surface area contributed by atoms with Crippen LogP contribution in [-0.4, -0.2) is 63.5 Å². The first-order chi connectivity index (χ1) is 13.8. The van der Waals surface area contributed by atoms with Gasteiger partial charge in [-0.2, -0.15) is 0 Å². The third-order valence-corrected chi connectivity index (χ3v) is 5.69. The molecule has 1 N–H and O–H groups in total. The second-order valence-electron chi connectivity index (χ2n) is 8.01. The zero-order chi connectivity index (χ0) is 19.4. The van der Waals surface area contributed by atoms with Gasteiger partial charge in [0.05, 0.1) is 0 Å². The van der Waals surface area contributed by atoms with Gasteiger partial charge in [0.1, 0.15) is 0 Å². The molecule has 0 aromatic heterocycles. The summed E-state index contributed by atoms with van der Waals surface area (Å²) >= 11 is 0. The summed E-state index contributed by atoms with van der Waals surface area (Å²) in [6.07, 6.45) is 5.67. The Hall–Kier alpha value is -0.860. The molecule has 1 aromatic carbocycles. The van der Waals surface area contributed by atoms with Crippen LogP contribution in [-0.2, 0) is 15.9 Å². The smallest absolute Gasteiger partial charge is 0.193 e. The maximum atomic E-state index is 5.87. The largest absolute Gasteiger partial charge is 0.381 e. The minimum atomic E-state index is 0. The summed E-state index contributed by atoms with van der Waals surface area (Å²) in [6.45, 7) is 9.55. The summed E-state index contributed by atoms with van der Waals surface area (Å²) in [6, 6.07) is 10.8. The number of guanidine groups is 1. The van der Waals surface area contributed by atoms with Crippen LogP contribution in [0.3, 0.4) is 0 Å². The van der Waals surface area contributed by atoms with E-state index in [4.69, 9.17) is 14.5 Å². The van der Waals surface area contributed by atoms with Crippen LogP contribution < -0.4 is 5.32 Å². The van der Waals surface area contributed by atoms with Gasteiger partial charge in [0, 0.05) is 52.6 Å². The van der Waals surface area contributed by atoms with Crippen LogP contribution in [0.4, 0.5) is 0 Å². The van der Waals surface area contributed by atoms with Gasteiger partial charge in [0.15, 0.2) is 5.96 Å². The lowest BCUT2D eigenvalue weighted by Crippen LogP contribution is -2.40. The molecule has 0 aliphatic carbocycles. The highest BCUT2D eigenvalue weighted by atomic mass is 127. The molecule has 0 saturated carbocycles. The molecule has 2 aliphatic heterocycles. The van der Waals surface area contributed by atoms with Crippen molar-refractivity contribution in [1.29, 1.82) is 0 Å². The van der Waals surface area contributed by atoms with E-state index in [1.807, 2.05) is 0 Å². The van der Waals surface area contributed by atoms with E-state index in [1.54, 1.807) is 0 Å². The van der Waals surface area contributed by atoms with E-state index >= 15 is 0 Å². The van der Waals surface area contributed by atoms with Gasteiger partial charge in [0.2, 0.25) is 0 Å². The van der Waals surface area contributed by atoms with Crippen molar-refractivity contribution in [3.63, 3.8) is 0 Å². The van der Waals surface area contributed by atoms with E-state index in [0.717, 1.165) is 84.2 Å². The molecule has 0 spiro atoms. The number of nitrogens with one attached hydrogen (secondary N) is 1. The zero-order valence-corrected chi connectivity index (χ0v) is 20.2. The molecule has 2 saturated heterocycles. The van der Waals surface area contributed by atoms with Crippen LogP contribution in [0, 0.1) is 11.8 Å². The lowest BCUT2D eigenvalue weighted by molar-refractivity contribution is 0.0205. The van der Waals surface area contributed by atoms with Crippen molar-refractivity contribution < 1.29 is 9.47 Å². The van der Waals surface area contributed by atoms with Crippen molar-refractivity contribution in [2.24, 2.45) is 16.8 Å². The van der Waals surface area contributed by atoms with Crippen LogP contribution in [0.2, 0.25) is 0 Å². The Bertz CT molecular complexity index is 579. The van der Waals surface area contributed by atoms with E-state index in [0.29, 0.717) is 11.8 Å². The van der Waals surface area contributed by atoms with Gasteiger partial charge in [0.25, 0.3) is 0 Å². The second-order valence-corrected chi connectivity index (χ2v) is 8.01. The van der Waals surface area contributed by atoms with Gasteiger partial charge in [-0.05, 0) is 56.4 Å². The van der Waals surface area contributed by atoms with Crippen LogP contribution in [0.25, 0.3) is 0 Å². The number of hydrogen-bond acceptors (Lipinski definition) is 3. The number of nitrogens with zero attached hydrogens (tertiary/aromatic N) is 2. The number of halogens is 1. The Kier molecular flexibility index (Phi) is 12.0. The highest BCUT2D eigenvalue weighted by molar-refractivity contribution is 14.0. The fourth-order valence-corrected chi connectivity index (χ4v) is 4.08. The van der Waals surface area contributed by atoms with E-state index < -0.39 is 0 Å². The van der Waals surface area contributed by atoms with Crippen LogP contribution in [0.5, 0.6) is 0 Å². The Morgan fingerprint density at radius 2 is 1.97 bits per heavy atom. The van der Waals surface area contributed by atoms with Crippen molar-refractivity contribution in [3.05, 3.63) is 35.9 Å². The topological polar surface area (TPSA) is 46.1 Å². The highest BCUT2D eigenvalue weighted by Crippen LogP contribution is 2.21. The standard InChI is InChI=1S/C23H37N3O2.HI/c1-2-24-23(25-12-6-14-28-19-21-10-15-27-16-11-21)26-13-9-22(18-26)17-20-7-4-3-5-8-20;/h3-5,7-8,21-22H,2,6,9-19H2,1H3,(H,24,25);1H. The van der Waals surface area contributed by atoms with Gasteiger partial charge >= 0.3 is 0 Å². The molecule has 2 aliphatic rings. The SMILES string of the molecule is CCNC(=NCCCOCC1CCOCC1)N1CCC(Cc2ccccc2)C1.I. The molecular weight excluding hydrogens is 477 g/mol. The molecule has 2 heterocycles. The molecule has 0 radical (unpaired) electrons. The predicted molar refractivity (Wildman–Crippen MR) is 130 cm³/mol. The average Bonchev–Trinajstić information content (AvgIpc) is 3.19. The Labute approximate surface area is 193 Å². The maximum Gasteiger partial charge on any atom is 0.193 e. The summed E-state index contributed by atoms with van der Waals surface area (Å²) in [7, 11) is 0. The van der Waals surface area contributed by atoms with Gasteiger partial charge in [-0.25, -0.2) is 0 Å². The van der Waals surface area contributed by atoms with Crippen molar-refractivity contribution in [2.45, 2.75) is 39.0 Å². The second kappa shape index (κ2) is 14.2. The summed E-state index contributed by atoms with van der Waals surface area (Å²) in [5.74, 6) is 2.47. The lowest BCUT2D eigenvalue weighted by atomic mass is 9.99. The summed E-state index contributed by atoms with van der Waals surface area (Å²) < 4.78 is 11.3. The number of rotatable bonds is 9. The van der Waals surface area contributed by atoms with Crippen LogP contribution >= 0.6 is 24.0 Å². The molecule has 0 bridgehead atoms. The quantitative estimate of drug-likeness (QED) is 0.234. The van der Waals surface area contributed by atoms with E-state index in [-0.39, 0.29) is 24.0 Å². The first-order valence-corrected chi connectivity index (χ1v) is 11.1. The molecule has 1 unspecified atom stereocenters. The maximum absolute atomic E-state index is 5.87. The third-order valence-electron chi connectivity index (χ3n) is 5.69. The number of aliphatic imine (C=N–C) groups is 1. The highest BCUT2D eigenvalue weighted by Gasteiger charge is 2.24. The molecule has 29 heavy (non-hydrogen) atoms. The van der Waals surface area contributed by atoms with Gasteiger partial charge in [-0.3, -0.25) is 4.99 Å². The van der Waals surface area contributed by atoms with Crippen molar-refractivity contribution in [2.75, 3.05) is 52.6 Å². The van der Waals surface area contributed by atoms with Gasteiger partial charge < -0.3 is 19.7 Å². The zero-order valence-electron chi connectivity index (χ0n) is 17.9. The molecule has 6 heteroatoms. The number of hydrogen-bond donors (Lipinski definition) is 1. The molecule has 3 rings (SSSR count). The van der Waals surface area contributed by atoms with Crippen LogP contribution in [0.15, 0.2) is 35.3 Å². The van der Waals surface area contributed by atoms with Crippen molar-refractivity contribution >= 4 is 29.9 Å². The number of benzene rings is 1. The Morgan fingerprint density at radius 1 is 1.17 bits per heavy atom. The Morgan fingerprint density at radius 3 is 2.72 bits per heavy atom. The minimum absolute atomic E-state index is 0. The predicted octanol–water partition coefficient (Wildman–Crippen LogP) is 3.97.